The normalized spacial score (nSPS) is 12.2. The lowest BCUT2D eigenvalue weighted by molar-refractivity contribution is 0.341. The molecule has 0 aliphatic carbocycles. The van der Waals surface area contributed by atoms with E-state index < -0.39 is 0 Å². The number of benzene rings is 1. The predicted molar refractivity (Wildman–Crippen MR) is 76.5 cm³/mol. The molecule has 0 radical (unpaired) electrons. The minimum Gasteiger partial charge on any atom is -0.492 e. The lowest BCUT2D eigenvalue weighted by Gasteiger charge is -2.16. The van der Waals surface area contributed by atoms with Gasteiger partial charge in [-0.25, -0.2) is 4.98 Å². The maximum Gasteiger partial charge on any atom is 0.142 e. The van der Waals surface area contributed by atoms with E-state index in [1.54, 1.807) is 11.3 Å². The average Bonchev–Trinajstić information content (AvgIpc) is 2.79. The Kier molecular flexibility index (Phi) is 4.20. The first-order valence-corrected chi connectivity index (χ1v) is 6.99. The van der Waals surface area contributed by atoms with Gasteiger partial charge in [-0.05, 0) is 32.9 Å². The number of anilines is 1. The molecular weight excluding hydrogens is 244 g/mol. The molecule has 18 heavy (non-hydrogen) atoms. The monoisotopic (exact) mass is 262 g/mol. The molecule has 1 heterocycles. The van der Waals surface area contributed by atoms with Gasteiger partial charge in [-0.3, -0.25) is 0 Å². The van der Waals surface area contributed by atoms with Gasteiger partial charge in [0.05, 0.1) is 29.0 Å². The molecule has 0 aliphatic rings. The lowest BCUT2D eigenvalue weighted by atomic mass is 10.2. The molecule has 0 saturated heterocycles. The fraction of sp³-hybridized carbons (Fsp3) is 0.357. The van der Waals surface area contributed by atoms with E-state index in [4.69, 9.17) is 4.74 Å². The Morgan fingerprint density at radius 2 is 2.17 bits per heavy atom. The van der Waals surface area contributed by atoms with E-state index in [0.29, 0.717) is 6.61 Å². The number of hydrogen-bond acceptors (Lipinski definition) is 4. The molecule has 2 aromatic rings. The molecule has 0 amide bonds. The number of ether oxygens (including phenoxy) is 1. The number of nitrogens with zero attached hydrogens (tertiary/aromatic N) is 1. The van der Waals surface area contributed by atoms with Crippen molar-refractivity contribution in [2.75, 3.05) is 11.9 Å². The van der Waals surface area contributed by atoms with Crippen LogP contribution in [0.2, 0.25) is 0 Å². The molecular formula is C14H18N2OS. The largest absolute Gasteiger partial charge is 0.492 e. The SMILES string of the molecule is CCOc1ccccc1NC(C)c1csc(C)n1. The van der Waals surface area contributed by atoms with Crippen LogP contribution in [0.5, 0.6) is 5.75 Å². The highest BCUT2D eigenvalue weighted by molar-refractivity contribution is 7.09. The Labute approximate surface area is 112 Å². The van der Waals surface area contributed by atoms with Crippen LogP contribution in [0.4, 0.5) is 5.69 Å². The van der Waals surface area contributed by atoms with Crippen LogP contribution in [-0.2, 0) is 0 Å². The van der Waals surface area contributed by atoms with Crippen LogP contribution < -0.4 is 10.1 Å². The number of aromatic nitrogens is 1. The fourth-order valence-electron chi connectivity index (χ4n) is 1.75. The van der Waals surface area contributed by atoms with Crippen molar-refractivity contribution in [1.29, 1.82) is 0 Å². The zero-order chi connectivity index (χ0) is 13.0. The second-order valence-electron chi connectivity index (χ2n) is 4.09. The molecule has 0 bridgehead atoms. The second kappa shape index (κ2) is 5.87. The number of aryl methyl sites for hydroxylation is 1. The first-order valence-electron chi connectivity index (χ1n) is 6.11. The number of rotatable bonds is 5. The van der Waals surface area contributed by atoms with E-state index in [9.17, 15) is 0 Å². The van der Waals surface area contributed by atoms with Crippen LogP contribution in [-0.4, -0.2) is 11.6 Å². The van der Waals surface area contributed by atoms with E-state index in [1.807, 2.05) is 38.1 Å². The van der Waals surface area contributed by atoms with E-state index >= 15 is 0 Å². The van der Waals surface area contributed by atoms with Gasteiger partial charge in [0.1, 0.15) is 5.75 Å². The van der Waals surface area contributed by atoms with E-state index in [-0.39, 0.29) is 6.04 Å². The number of hydrogen-bond donors (Lipinski definition) is 1. The molecule has 1 aromatic carbocycles. The fourth-order valence-corrected chi connectivity index (χ4v) is 2.46. The van der Waals surface area contributed by atoms with Crippen LogP contribution >= 0.6 is 11.3 Å². The van der Waals surface area contributed by atoms with Gasteiger partial charge >= 0.3 is 0 Å². The van der Waals surface area contributed by atoms with Gasteiger partial charge < -0.3 is 10.1 Å². The van der Waals surface area contributed by atoms with Crippen molar-refractivity contribution in [2.24, 2.45) is 0 Å². The van der Waals surface area contributed by atoms with Crippen LogP contribution in [0.1, 0.15) is 30.6 Å². The van der Waals surface area contributed by atoms with Gasteiger partial charge in [0.2, 0.25) is 0 Å². The maximum absolute atomic E-state index is 5.60. The molecule has 4 heteroatoms. The van der Waals surface area contributed by atoms with Gasteiger partial charge in [-0.1, -0.05) is 12.1 Å². The van der Waals surface area contributed by atoms with Crippen molar-refractivity contribution >= 4 is 17.0 Å². The predicted octanol–water partition coefficient (Wildman–Crippen LogP) is 4.02. The summed E-state index contributed by atoms with van der Waals surface area (Å²) in [4.78, 5) is 4.50. The highest BCUT2D eigenvalue weighted by Gasteiger charge is 2.11. The quantitative estimate of drug-likeness (QED) is 0.883. The summed E-state index contributed by atoms with van der Waals surface area (Å²) < 4.78 is 5.60. The summed E-state index contributed by atoms with van der Waals surface area (Å²) in [6.45, 7) is 6.79. The van der Waals surface area contributed by atoms with Crippen LogP contribution in [0.15, 0.2) is 29.6 Å². The third kappa shape index (κ3) is 3.01. The standard InChI is InChI=1S/C14H18N2OS/c1-4-17-14-8-6-5-7-12(14)15-10(2)13-9-18-11(3)16-13/h5-10,15H,4H2,1-3H3. The van der Waals surface area contributed by atoms with E-state index in [0.717, 1.165) is 22.1 Å². The molecule has 1 N–H and O–H groups in total. The summed E-state index contributed by atoms with van der Waals surface area (Å²) in [5.41, 5.74) is 2.08. The molecule has 2 rings (SSSR count). The number of thiazole rings is 1. The van der Waals surface area contributed by atoms with Crippen molar-refractivity contribution in [3.63, 3.8) is 0 Å². The zero-order valence-electron chi connectivity index (χ0n) is 10.9. The Balaban J connectivity index is 2.13. The third-order valence-corrected chi connectivity index (χ3v) is 3.43. The summed E-state index contributed by atoms with van der Waals surface area (Å²) in [6.07, 6.45) is 0. The molecule has 1 aromatic heterocycles. The highest BCUT2D eigenvalue weighted by atomic mass is 32.1. The van der Waals surface area contributed by atoms with Crippen LogP contribution in [0.3, 0.4) is 0 Å². The highest BCUT2D eigenvalue weighted by Crippen LogP contribution is 2.28. The van der Waals surface area contributed by atoms with Crippen molar-refractivity contribution < 1.29 is 4.74 Å². The molecule has 1 atom stereocenters. The average molecular weight is 262 g/mol. The van der Waals surface area contributed by atoms with Crippen molar-refractivity contribution in [3.05, 3.63) is 40.3 Å². The molecule has 3 nitrogen and oxygen atoms in total. The van der Waals surface area contributed by atoms with Gasteiger partial charge in [0.25, 0.3) is 0 Å². The van der Waals surface area contributed by atoms with Gasteiger partial charge in [0.15, 0.2) is 0 Å². The molecule has 0 fully saturated rings. The first kappa shape index (κ1) is 12.9. The summed E-state index contributed by atoms with van der Waals surface area (Å²) in [5, 5.41) is 6.63. The molecule has 0 saturated carbocycles. The second-order valence-corrected chi connectivity index (χ2v) is 5.15. The van der Waals surface area contributed by atoms with Crippen LogP contribution in [0.25, 0.3) is 0 Å². The molecule has 0 aliphatic heterocycles. The maximum atomic E-state index is 5.60. The summed E-state index contributed by atoms with van der Waals surface area (Å²) in [6, 6.07) is 8.17. The molecule has 1 unspecified atom stereocenters. The molecule has 96 valence electrons. The minimum atomic E-state index is 0.177. The van der Waals surface area contributed by atoms with E-state index in [2.05, 4.69) is 22.6 Å². The Hall–Kier alpha value is -1.55. The topological polar surface area (TPSA) is 34.1 Å². The van der Waals surface area contributed by atoms with Gasteiger partial charge in [0, 0.05) is 5.38 Å². The van der Waals surface area contributed by atoms with Crippen LogP contribution in [0, 0.1) is 6.92 Å². The van der Waals surface area contributed by atoms with Gasteiger partial charge in [-0.15, -0.1) is 11.3 Å². The minimum absolute atomic E-state index is 0.177. The number of nitrogens with one attached hydrogen (secondary N) is 1. The van der Waals surface area contributed by atoms with Gasteiger partial charge in [-0.2, -0.15) is 0 Å². The lowest BCUT2D eigenvalue weighted by Crippen LogP contribution is -2.08. The Morgan fingerprint density at radius 3 is 2.83 bits per heavy atom. The Bertz CT molecular complexity index is 510. The summed E-state index contributed by atoms with van der Waals surface area (Å²) >= 11 is 1.68. The zero-order valence-corrected chi connectivity index (χ0v) is 11.8. The molecule has 0 spiro atoms. The number of para-hydroxylation sites is 2. The Morgan fingerprint density at radius 1 is 1.39 bits per heavy atom. The first-order chi connectivity index (χ1) is 8.70. The van der Waals surface area contributed by atoms with Crippen molar-refractivity contribution in [1.82, 2.24) is 4.98 Å². The van der Waals surface area contributed by atoms with E-state index in [1.165, 1.54) is 0 Å². The van der Waals surface area contributed by atoms with Crippen molar-refractivity contribution in [2.45, 2.75) is 26.8 Å². The smallest absolute Gasteiger partial charge is 0.142 e. The third-order valence-electron chi connectivity index (χ3n) is 2.64. The summed E-state index contributed by atoms with van der Waals surface area (Å²) in [7, 11) is 0. The van der Waals surface area contributed by atoms with Crippen molar-refractivity contribution in [3.8, 4) is 5.75 Å². The summed E-state index contributed by atoms with van der Waals surface area (Å²) in [5.74, 6) is 0.888.